The first-order chi connectivity index (χ1) is 7.83. The van der Waals surface area contributed by atoms with E-state index in [0.717, 1.165) is 17.3 Å². The minimum atomic E-state index is -0.125. The molecule has 2 heterocycles. The van der Waals surface area contributed by atoms with Crippen LogP contribution in [0.2, 0.25) is 0 Å². The standard InChI is InChI=1S/C11H12N4O/c1-7-13-11(15-14-7)10-6-12-8-4-2-3-5-9(8)16-10/h2-5,10,12H,6H2,1H3,(H,13,14,15). The van der Waals surface area contributed by atoms with Crippen LogP contribution >= 0.6 is 0 Å². The lowest BCUT2D eigenvalue weighted by atomic mass is 10.2. The van der Waals surface area contributed by atoms with Crippen molar-refractivity contribution in [3.8, 4) is 5.75 Å². The Balaban J connectivity index is 1.88. The maximum atomic E-state index is 5.82. The molecule has 0 amide bonds. The second-order valence-electron chi connectivity index (χ2n) is 3.76. The van der Waals surface area contributed by atoms with Crippen molar-refractivity contribution in [2.24, 2.45) is 0 Å². The zero-order valence-corrected chi connectivity index (χ0v) is 8.90. The summed E-state index contributed by atoms with van der Waals surface area (Å²) in [4.78, 5) is 4.28. The molecule has 5 heteroatoms. The minimum Gasteiger partial charge on any atom is -0.478 e. The summed E-state index contributed by atoms with van der Waals surface area (Å²) in [6, 6.07) is 7.86. The molecule has 0 bridgehead atoms. The van der Waals surface area contributed by atoms with E-state index in [-0.39, 0.29) is 6.10 Å². The molecule has 82 valence electrons. The maximum Gasteiger partial charge on any atom is 0.193 e. The van der Waals surface area contributed by atoms with Gasteiger partial charge in [-0.05, 0) is 19.1 Å². The number of hydrogen-bond donors (Lipinski definition) is 2. The molecule has 0 saturated heterocycles. The Kier molecular flexibility index (Phi) is 2.02. The van der Waals surface area contributed by atoms with Gasteiger partial charge < -0.3 is 10.1 Å². The Morgan fingerprint density at radius 3 is 3.06 bits per heavy atom. The predicted molar refractivity (Wildman–Crippen MR) is 59.4 cm³/mol. The summed E-state index contributed by atoms with van der Waals surface area (Å²) >= 11 is 0. The smallest absolute Gasteiger partial charge is 0.193 e. The summed E-state index contributed by atoms with van der Waals surface area (Å²) in [5.74, 6) is 2.35. The van der Waals surface area contributed by atoms with Gasteiger partial charge in [-0.3, -0.25) is 5.10 Å². The Morgan fingerprint density at radius 2 is 2.25 bits per heavy atom. The van der Waals surface area contributed by atoms with Crippen LogP contribution in [0.4, 0.5) is 5.69 Å². The third kappa shape index (κ3) is 1.50. The Hall–Kier alpha value is -2.04. The predicted octanol–water partition coefficient (Wildman–Crippen LogP) is 1.66. The number of nitrogens with one attached hydrogen (secondary N) is 2. The first-order valence-corrected chi connectivity index (χ1v) is 5.21. The van der Waals surface area contributed by atoms with E-state index >= 15 is 0 Å². The molecular weight excluding hydrogens is 204 g/mol. The zero-order valence-electron chi connectivity index (χ0n) is 8.90. The largest absolute Gasteiger partial charge is 0.478 e. The van der Waals surface area contributed by atoms with Crippen LogP contribution in [-0.4, -0.2) is 21.7 Å². The normalized spacial score (nSPS) is 18.4. The monoisotopic (exact) mass is 216 g/mol. The number of nitrogens with zero attached hydrogens (tertiary/aromatic N) is 2. The first-order valence-electron chi connectivity index (χ1n) is 5.21. The van der Waals surface area contributed by atoms with E-state index in [2.05, 4.69) is 20.5 Å². The van der Waals surface area contributed by atoms with Crippen LogP contribution in [-0.2, 0) is 0 Å². The van der Waals surface area contributed by atoms with Gasteiger partial charge in [0.2, 0.25) is 0 Å². The Bertz CT molecular complexity index is 508. The molecule has 1 aliphatic rings. The number of aryl methyl sites for hydroxylation is 1. The number of ether oxygens (including phenoxy) is 1. The molecule has 3 rings (SSSR count). The van der Waals surface area contributed by atoms with Crippen molar-refractivity contribution in [3.05, 3.63) is 35.9 Å². The number of aromatic nitrogens is 3. The van der Waals surface area contributed by atoms with E-state index in [4.69, 9.17) is 4.74 Å². The molecule has 1 atom stereocenters. The number of benzene rings is 1. The van der Waals surface area contributed by atoms with Gasteiger partial charge in [0.25, 0.3) is 0 Å². The average molecular weight is 216 g/mol. The molecule has 2 N–H and O–H groups in total. The van der Waals surface area contributed by atoms with Gasteiger partial charge in [0.1, 0.15) is 11.6 Å². The van der Waals surface area contributed by atoms with Crippen LogP contribution in [0.5, 0.6) is 5.75 Å². The highest BCUT2D eigenvalue weighted by molar-refractivity contribution is 5.57. The van der Waals surface area contributed by atoms with Gasteiger partial charge in [0.15, 0.2) is 11.9 Å². The van der Waals surface area contributed by atoms with Crippen molar-refractivity contribution in [2.75, 3.05) is 11.9 Å². The van der Waals surface area contributed by atoms with Crippen LogP contribution < -0.4 is 10.1 Å². The van der Waals surface area contributed by atoms with Crippen LogP contribution in [0.3, 0.4) is 0 Å². The van der Waals surface area contributed by atoms with E-state index in [9.17, 15) is 0 Å². The molecule has 2 aromatic rings. The van der Waals surface area contributed by atoms with Crippen LogP contribution in [0, 0.1) is 6.92 Å². The van der Waals surface area contributed by atoms with Gasteiger partial charge in [-0.25, -0.2) is 4.98 Å². The molecule has 1 aromatic carbocycles. The van der Waals surface area contributed by atoms with Crippen molar-refractivity contribution >= 4 is 5.69 Å². The van der Waals surface area contributed by atoms with Gasteiger partial charge in [-0.2, -0.15) is 5.10 Å². The van der Waals surface area contributed by atoms with Crippen molar-refractivity contribution in [1.29, 1.82) is 0 Å². The van der Waals surface area contributed by atoms with Gasteiger partial charge in [-0.1, -0.05) is 12.1 Å². The van der Waals surface area contributed by atoms with Gasteiger partial charge in [0, 0.05) is 0 Å². The number of para-hydroxylation sites is 2. The SMILES string of the molecule is Cc1nc(C2CNc3ccccc3O2)n[nH]1. The number of aromatic amines is 1. The topological polar surface area (TPSA) is 62.8 Å². The van der Waals surface area contributed by atoms with E-state index in [1.807, 2.05) is 31.2 Å². The van der Waals surface area contributed by atoms with Gasteiger partial charge in [0.05, 0.1) is 12.2 Å². The quantitative estimate of drug-likeness (QED) is 0.761. The molecule has 0 radical (unpaired) electrons. The summed E-state index contributed by atoms with van der Waals surface area (Å²) in [6.07, 6.45) is -0.125. The lowest BCUT2D eigenvalue weighted by Gasteiger charge is -2.25. The number of H-pyrrole nitrogens is 1. The molecule has 0 spiro atoms. The fourth-order valence-corrected chi connectivity index (χ4v) is 1.76. The third-order valence-electron chi connectivity index (χ3n) is 2.54. The van der Waals surface area contributed by atoms with E-state index < -0.39 is 0 Å². The van der Waals surface area contributed by atoms with Gasteiger partial charge in [-0.15, -0.1) is 0 Å². The molecule has 0 aliphatic carbocycles. The second kappa shape index (κ2) is 3.52. The number of hydrogen-bond acceptors (Lipinski definition) is 4. The van der Waals surface area contributed by atoms with Crippen LogP contribution in [0.25, 0.3) is 0 Å². The number of fused-ring (bicyclic) bond motifs is 1. The van der Waals surface area contributed by atoms with Crippen molar-refractivity contribution in [3.63, 3.8) is 0 Å². The van der Waals surface area contributed by atoms with E-state index in [0.29, 0.717) is 12.4 Å². The lowest BCUT2D eigenvalue weighted by molar-refractivity contribution is 0.201. The molecule has 16 heavy (non-hydrogen) atoms. The first kappa shape index (κ1) is 9.21. The summed E-state index contributed by atoms with van der Waals surface area (Å²) in [7, 11) is 0. The molecular formula is C11H12N4O. The number of anilines is 1. The highest BCUT2D eigenvalue weighted by Crippen LogP contribution is 2.32. The van der Waals surface area contributed by atoms with Crippen LogP contribution in [0.15, 0.2) is 24.3 Å². The van der Waals surface area contributed by atoms with Crippen molar-refractivity contribution < 1.29 is 4.74 Å². The highest BCUT2D eigenvalue weighted by Gasteiger charge is 2.23. The summed E-state index contributed by atoms with van der Waals surface area (Å²) < 4.78 is 5.82. The van der Waals surface area contributed by atoms with E-state index in [1.165, 1.54) is 0 Å². The minimum absolute atomic E-state index is 0.125. The molecule has 5 nitrogen and oxygen atoms in total. The molecule has 1 aliphatic heterocycles. The van der Waals surface area contributed by atoms with Crippen molar-refractivity contribution in [1.82, 2.24) is 15.2 Å². The lowest BCUT2D eigenvalue weighted by Crippen LogP contribution is -2.24. The fraction of sp³-hybridized carbons (Fsp3) is 0.273. The summed E-state index contributed by atoms with van der Waals surface area (Å²) in [6.45, 7) is 2.56. The maximum absolute atomic E-state index is 5.82. The summed E-state index contributed by atoms with van der Waals surface area (Å²) in [5.41, 5.74) is 1.02. The van der Waals surface area contributed by atoms with Crippen molar-refractivity contribution in [2.45, 2.75) is 13.0 Å². The Labute approximate surface area is 92.9 Å². The van der Waals surface area contributed by atoms with Crippen LogP contribution in [0.1, 0.15) is 17.8 Å². The van der Waals surface area contributed by atoms with Gasteiger partial charge >= 0.3 is 0 Å². The van der Waals surface area contributed by atoms with E-state index in [1.54, 1.807) is 0 Å². The number of rotatable bonds is 1. The molecule has 0 saturated carbocycles. The summed E-state index contributed by atoms with van der Waals surface area (Å²) in [5, 5.41) is 10.2. The third-order valence-corrected chi connectivity index (χ3v) is 2.54. The second-order valence-corrected chi connectivity index (χ2v) is 3.76. The molecule has 1 unspecified atom stereocenters. The average Bonchev–Trinajstić information content (AvgIpc) is 2.75. The highest BCUT2D eigenvalue weighted by atomic mass is 16.5. The fourth-order valence-electron chi connectivity index (χ4n) is 1.76. The molecule has 0 fully saturated rings. The Morgan fingerprint density at radius 1 is 1.38 bits per heavy atom. The zero-order chi connectivity index (χ0) is 11.0. The molecule has 1 aromatic heterocycles.